The number of carbonyl (C=O) groups is 1. The van der Waals surface area contributed by atoms with Gasteiger partial charge in [-0.05, 0) is 19.7 Å². The Morgan fingerprint density at radius 1 is 1.35 bits per heavy atom. The van der Waals surface area contributed by atoms with E-state index in [9.17, 15) is 4.79 Å². The third-order valence-electron chi connectivity index (χ3n) is 2.21. The van der Waals surface area contributed by atoms with Gasteiger partial charge in [0.1, 0.15) is 0 Å². The molecule has 5 heteroatoms. The highest BCUT2D eigenvalue weighted by Crippen LogP contribution is 2.07. The van der Waals surface area contributed by atoms with E-state index in [4.69, 9.17) is 5.73 Å². The summed E-state index contributed by atoms with van der Waals surface area (Å²) in [5, 5.41) is 2.81. The smallest absolute Gasteiger partial charge is 0.234 e. The van der Waals surface area contributed by atoms with Crippen molar-refractivity contribution in [3.05, 3.63) is 35.9 Å². The minimum absolute atomic E-state index is 0. The lowest BCUT2D eigenvalue weighted by atomic mass is 10.1. The molecule has 0 saturated carbocycles. The van der Waals surface area contributed by atoms with Gasteiger partial charge in [0.2, 0.25) is 5.91 Å². The highest BCUT2D eigenvalue weighted by molar-refractivity contribution is 5.85. The second kappa shape index (κ2) is 8.06. The van der Waals surface area contributed by atoms with Gasteiger partial charge in [-0.3, -0.25) is 4.79 Å². The highest BCUT2D eigenvalue weighted by Gasteiger charge is 2.07. The summed E-state index contributed by atoms with van der Waals surface area (Å²) >= 11 is 0. The van der Waals surface area contributed by atoms with Crippen LogP contribution in [0.5, 0.6) is 0 Å². The summed E-state index contributed by atoms with van der Waals surface area (Å²) < 4.78 is 0. The van der Waals surface area contributed by atoms with Crippen LogP contribution < -0.4 is 11.1 Å². The normalized spacial score (nSPS) is 11.8. The maximum absolute atomic E-state index is 11.4. The third kappa shape index (κ3) is 6.26. The molecule has 0 radical (unpaired) electrons. The van der Waals surface area contributed by atoms with Crippen molar-refractivity contribution in [1.29, 1.82) is 0 Å². The van der Waals surface area contributed by atoms with Crippen LogP contribution in [0.1, 0.15) is 11.6 Å². The van der Waals surface area contributed by atoms with Gasteiger partial charge in [-0.2, -0.15) is 0 Å². The maximum Gasteiger partial charge on any atom is 0.234 e. The number of benzene rings is 1. The number of nitrogens with zero attached hydrogens (tertiary/aromatic N) is 1. The molecule has 3 N–H and O–H groups in total. The molecule has 17 heavy (non-hydrogen) atoms. The van der Waals surface area contributed by atoms with E-state index < -0.39 is 0 Å². The van der Waals surface area contributed by atoms with Gasteiger partial charge in [0, 0.05) is 12.6 Å². The highest BCUT2D eigenvalue weighted by atomic mass is 35.5. The van der Waals surface area contributed by atoms with Crippen LogP contribution in [0.15, 0.2) is 30.3 Å². The Morgan fingerprint density at radius 3 is 2.47 bits per heavy atom. The van der Waals surface area contributed by atoms with Crippen molar-refractivity contribution in [3.63, 3.8) is 0 Å². The molecule has 0 bridgehead atoms. The first-order valence-electron chi connectivity index (χ1n) is 5.31. The summed E-state index contributed by atoms with van der Waals surface area (Å²) in [6, 6.07) is 9.60. The first kappa shape index (κ1) is 15.9. The Kier molecular flexibility index (Phi) is 7.54. The van der Waals surface area contributed by atoms with Crippen molar-refractivity contribution in [3.8, 4) is 0 Å². The van der Waals surface area contributed by atoms with Gasteiger partial charge in [-0.15, -0.1) is 12.4 Å². The Morgan fingerprint density at radius 2 is 1.94 bits per heavy atom. The summed E-state index contributed by atoms with van der Waals surface area (Å²) in [7, 11) is 3.72. The average molecular weight is 258 g/mol. The van der Waals surface area contributed by atoms with E-state index >= 15 is 0 Å². The van der Waals surface area contributed by atoms with E-state index in [2.05, 4.69) is 5.32 Å². The Balaban J connectivity index is 0.00000256. The number of likely N-dealkylation sites (N-methyl/N-ethyl adjacent to an activating group) is 1. The van der Waals surface area contributed by atoms with Crippen LogP contribution >= 0.6 is 12.4 Å². The van der Waals surface area contributed by atoms with Crippen molar-refractivity contribution in [2.45, 2.75) is 6.04 Å². The largest absolute Gasteiger partial charge is 0.353 e. The monoisotopic (exact) mass is 257 g/mol. The molecule has 0 spiro atoms. The zero-order valence-electron chi connectivity index (χ0n) is 10.2. The minimum Gasteiger partial charge on any atom is -0.353 e. The van der Waals surface area contributed by atoms with Gasteiger partial charge in [-0.25, -0.2) is 0 Å². The summed E-state index contributed by atoms with van der Waals surface area (Å²) in [4.78, 5) is 13.2. The molecule has 0 aliphatic rings. The lowest BCUT2D eigenvalue weighted by molar-refractivity contribution is -0.121. The van der Waals surface area contributed by atoms with Gasteiger partial charge >= 0.3 is 0 Å². The number of nitrogens with two attached hydrogens (primary N) is 1. The van der Waals surface area contributed by atoms with Gasteiger partial charge < -0.3 is 16.0 Å². The Hall–Kier alpha value is -1.10. The molecular weight excluding hydrogens is 238 g/mol. The molecule has 0 fully saturated rings. The van der Waals surface area contributed by atoms with Crippen molar-refractivity contribution in [1.82, 2.24) is 10.2 Å². The first-order chi connectivity index (χ1) is 7.59. The number of rotatable bonds is 5. The minimum atomic E-state index is -0.146. The van der Waals surface area contributed by atoms with Crippen LogP contribution in [0.2, 0.25) is 0 Å². The van der Waals surface area contributed by atoms with Crippen molar-refractivity contribution < 1.29 is 4.79 Å². The lowest BCUT2D eigenvalue weighted by Gasteiger charge is -2.14. The first-order valence-corrected chi connectivity index (χ1v) is 5.31. The zero-order valence-corrected chi connectivity index (χ0v) is 11.0. The fourth-order valence-corrected chi connectivity index (χ4v) is 1.38. The fraction of sp³-hybridized carbons (Fsp3) is 0.417. The maximum atomic E-state index is 11.4. The average Bonchev–Trinajstić information content (AvgIpc) is 2.26. The molecule has 0 aromatic heterocycles. The second-order valence-corrected chi connectivity index (χ2v) is 4.06. The summed E-state index contributed by atoms with van der Waals surface area (Å²) in [5.74, 6) is -0.00335. The Bertz CT molecular complexity index is 330. The standard InChI is InChI=1S/C12H19N3O.ClH/c1-15(2)9-12(16)14-8-11(13)10-6-4-3-5-7-10;/h3-7,11H,8-9,13H2,1-2H3,(H,14,16);1H. The van der Waals surface area contributed by atoms with E-state index in [0.717, 1.165) is 5.56 Å². The SMILES string of the molecule is CN(C)CC(=O)NCC(N)c1ccccc1.Cl. The van der Waals surface area contributed by atoms with Crippen molar-refractivity contribution in [2.24, 2.45) is 5.73 Å². The molecule has 1 amide bonds. The number of nitrogens with one attached hydrogen (secondary N) is 1. The Labute approximate surface area is 109 Å². The molecular formula is C12H20ClN3O. The molecule has 96 valence electrons. The molecule has 1 rings (SSSR count). The molecule has 1 aromatic rings. The van der Waals surface area contributed by atoms with Crippen LogP contribution in [0.4, 0.5) is 0 Å². The second-order valence-electron chi connectivity index (χ2n) is 4.06. The van der Waals surface area contributed by atoms with Gasteiger partial charge in [0.25, 0.3) is 0 Å². The molecule has 1 aromatic carbocycles. The van der Waals surface area contributed by atoms with Crippen LogP contribution in [0, 0.1) is 0 Å². The van der Waals surface area contributed by atoms with E-state index in [-0.39, 0.29) is 24.4 Å². The predicted molar refractivity (Wildman–Crippen MR) is 72.2 cm³/mol. The van der Waals surface area contributed by atoms with Crippen LogP contribution in [0.3, 0.4) is 0 Å². The fourth-order valence-electron chi connectivity index (χ4n) is 1.38. The van der Waals surface area contributed by atoms with E-state index in [1.165, 1.54) is 0 Å². The number of halogens is 1. The third-order valence-corrected chi connectivity index (χ3v) is 2.21. The summed E-state index contributed by atoms with van der Waals surface area (Å²) in [6.45, 7) is 0.859. The quantitative estimate of drug-likeness (QED) is 0.820. The van der Waals surface area contributed by atoms with Crippen LogP contribution in [0.25, 0.3) is 0 Å². The number of carbonyl (C=O) groups excluding carboxylic acids is 1. The number of hydrogen-bond donors (Lipinski definition) is 2. The zero-order chi connectivity index (χ0) is 12.0. The topological polar surface area (TPSA) is 58.4 Å². The molecule has 0 aliphatic carbocycles. The number of hydrogen-bond acceptors (Lipinski definition) is 3. The molecule has 1 atom stereocenters. The van der Waals surface area contributed by atoms with E-state index in [0.29, 0.717) is 13.1 Å². The summed E-state index contributed by atoms with van der Waals surface area (Å²) in [6.07, 6.45) is 0. The van der Waals surface area contributed by atoms with Crippen LogP contribution in [-0.2, 0) is 4.79 Å². The van der Waals surface area contributed by atoms with Gasteiger partial charge in [0.05, 0.1) is 6.54 Å². The predicted octanol–water partition coefficient (Wildman–Crippen LogP) is 0.786. The lowest BCUT2D eigenvalue weighted by Crippen LogP contribution is -2.37. The molecule has 0 heterocycles. The van der Waals surface area contributed by atoms with E-state index in [1.54, 1.807) is 0 Å². The molecule has 0 aliphatic heterocycles. The van der Waals surface area contributed by atoms with E-state index in [1.807, 2.05) is 49.3 Å². The van der Waals surface area contributed by atoms with Gasteiger partial charge in [-0.1, -0.05) is 30.3 Å². The number of amides is 1. The molecule has 1 unspecified atom stereocenters. The van der Waals surface area contributed by atoms with Crippen molar-refractivity contribution in [2.75, 3.05) is 27.2 Å². The van der Waals surface area contributed by atoms with Gasteiger partial charge in [0.15, 0.2) is 0 Å². The molecule has 4 nitrogen and oxygen atoms in total. The summed E-state index contributed by atoms with van der Waals surface area (Å²) in [5.41, 5.74) is 6.98. The van der Waals surface area contributed by atoms with Crippen molar-refractivity contribution >= 4 is 18.3 Å². The van der Waals surface area contributed by atoms with Crippen LogP contribution in [-0.4, -0.2) is 38.0 Å². The molecule has 0 saturated heterocycles.